The lowest BCUT2D eigenvalue weighted by molar-refractivity contribution is -0.131. The predicted molar refractivity (Wildman–Crippen MR) is 71.9 cm³/mol. The van der Waals surface area contributed by atoms with Gasteiger partial charge in [-0.2, -0.15) is 5.26 Å². The summed E-state index contributed by atoms with van der Waals surface area (Å²) in [6.45, 7) is 10.1. The molecule has 0 radical (unpaired) electrons. The Labute approximate surface area is 110 Å². The summed E-state index contributed by atoms with van der Waals surface area (Å²) < 4.78 is 0. The fourth-order valence-electron chi connectivity index (χ4n) is 2.50. The predicted octanol–water partition coefficient (Wildman–Crippen LogP) is 1.92. The highest BCUT2D eigenvalue weighted by molar-refractivity contribution is 5.86. The third kappa shape index (κ3) is 3.23. The standard InChI is InChI=1S/C14H25N3O/c1-11(2)17(12(3)4)9-8-16-13(18)14(10-15)6-5-7-14/h11-12H,5-9H2,1-4H3,(H,16,18). The molecular weight excluding hydrogens is 226 g/mol. The van der Waals surface area contributed by atoms with Crippen LogP contribution in [0.25, 0.3) is 0 Å². The fourth-order valence-corrected chi connectivity index (χ4v) is 2.50. The van der Waals surface area contributed by atoms with Crippen molar-refractivity contribution in [3.63, 3.8) is 0 Å². The molecule has 4 heteroatoms. The van der Waals surface area contributed by atoms with E-state index >= 15 is 0 Å². The smallest absolute Gasteiger partial charge is 0.240 e. The normalized spacial score (nSPS) is 17.7. The molecule has 18 heavy (non-hydrogen) atoms. The van der Waals surface area contributed by atoms with Gasteiger partial charge in [0.15, 0.2) is 0 Å². The van der Waals surface area contributed by atoms with Crippen molar-refractivity contribution in [2.45, 2.75) is 59.0 Å². The Morgan fingerprint density at radius 2 is 1.89 bits per heavy atom. The first-order valence-corrected chi connectivity index (χ1v) is 6.88. The minimum absolute atomic E-state index is 0.0799. The van der Waals surface area contributed by atoms with Gasteiger partial charge in [-0.3, -0.25) is 9.69 Å². The lowest BCUT2D eigenvalue weighted by atomic mass is 9.69. The molecule has 0 atom stereocenters. The van der Waals surface area contributed by atoms with Gasteiger partial charge >= 0.3 is 0 Å². The molecule has 102 valence electrons. The van der Waals surface area contributed by atoms with E-state index in [1.54, 1.807) is 0 Å². The zero-order valence-corrected chi connectivity index (χ0v) is 12.0. The van der Waals surface area contributed by atoms with Crippen molar-refractivity contribution in [3.8, 4) is 6.07 Å². The summed E-state index contributed by atoms with van der Waals surface area (Å²) in [6, 6.07) is 3.11. The van der Waals surface area contributed by atoms with Gasteiger partial charge < -0.3 is 5.32 Å². The maximum atomic E-state index is 11.9. The number of rotatable bonds is 6. The topological polar surface area (TPSA) is 56.1 Å². The summed E-state index contributed by atoms with van der Waals surface area (Å²) in [5, 5.41) is 12.0. The largest absolute Gasteiger partial charge is 0.353 e. The second kappa shape index (κ2) is 6.19. The van der Waals surface area contributed by atoms with Crippen LogP contribution in [0.2, 0.25) is 0 Å². The zero-order valence-electron chi connectivity index (χ0n) is 12.0. The number of hydrogen-bond donors (Lipinski definition) is 1. The molecule has 0 spiro atoms. The Kier molecular flexibility index (Phi) is 5.15. The Morgan fingerprint density at radius 3 is 2.22 bits per heavy atom. The average Bonchev–Trinajstić information content (AvgIpc) is 2.22. The van der Waals surface area contributed by atoms with Crippen LogP contribution < -0.4 is 5.32 Å². The van der Waals surface area contributed by atoms with Gasteiger partial charge in [0.2, 0.25) is 5.91 Å². The number of carbonyl (C=O) groups is 1. The number of amides is 1. The molecule has 4 nitrogen and oxygen atoms in total. The molecule has 0 aromatic heterocycles. The molecule has 1 amide bonds. The summed E-state index contributed by atoms with van der Waals surface area (Å²) in [4.78, 5) is 14.3. The van der Waals surface area contributed by atoms with E-state index in [1.807, 2.05) is 0 Å². The molecule has 0 aromatic carbocycles. The van der Waals surface area contributed by atoms with Crippen molar-refractivity contribution in [1.29, 1.82) is 5.26 Å². The van der Waals surface area contributed by atoms with E-state index in [-0.39, 0.29) is 5.91 Å². The first-order chi connectivity index (χ1) is 8.43. The summed E-state index contributed by atoms with van der Waals surface area (Å²) in [7, 11) is 0. The van der Waals surface area contributed by atoms with Crippen LogP contribution in [0.3, 0.4) is 0 Å². The monoisotopic (exact) mass is 251 g/mol. The van der Waals surface area contributed by atoms with Crippen LogP contribution >= 0.6 is 0 Å². The van der Waals surface area contributed by atoms with Crippen LogP contribution in [0.15, 0.2) is 0 Å². The summed E-state index contributed by atoms with van der Waals surface area (Å²) >= 11 is 0. The molecule has 0 unspecified atom stereocenters. The van der Waals surface area contributed by atoms with Crippen LogP contribution in [-0.4, -0.2) is 36.0 Å². The van der Waals surface area contributed by atoms with E-state index in [0.717, 1.165) is 13.0 Å². The third-order valence-corrected chi connectivity index (χ3v) is 3.84. The van der Waals surface area contributed by atoms with Crippen molar-refractivity contribution < 1.29 is 4.79 Å². The third-order valence-electron chi connectivity index (χ3n) is 3.84. The Morgan fingerprint density at radius 1 is 1.33 bits per heavy atom. The van der Waals surface area contributed by atoms with Gasteiger partial charge in [-0.05, 0) is 47.0 Å². The van der Waals surface area contributed by atoms with Gasteiger partial charge in [-0.25, -0.2) is 0 Å². The van der Waals surface area contributed by atoms with Crippen LogP contribution in [0, 0.1) is 16.7 Å². The molecule has 0 bridgehead atoms. The maximum Gasteiger partial charge on any atom is 0.240 e. The van der Waals surface area contributed by atoms with E-state index < -0.39 is 5.41 Å². The molecular formula is C14H25N3O. The first-order valence-electron chi connectivity index (χ1n) is 6.88. The highest BCUT2D eigenvalue weighted by atomic mass is 16.2. The molecule has 1 rings (SSSR count). The summed E-state index contributed by atoms with van der Waals surface area (Å²) in [6.07, 6.45) is 2.42. The van der Waals surface area contributed by atoms with E-state index in [2.05, 4.69) is 44.0 Å². The van der Waals surface area contributed by atoms with Crippen LogP contribution in [0.4, 0.5) is 0 Å². The number of carbonyl (C=O) groups excluding carboxylic acids is 1. The van der Waals surface area contributed by atoms with E-state index in [1.165, 1.54) is 0 Å². The Bertz CT molecular complexity index is 318. The average molecular weight is 251 g/mol. The second-order valence-electron chi connectivity index (χ2n) is 5.73. The number of nitrogens with one attached hydrogen (secondary N) is 1. The molecule has 0 aliphatic heterocycles. The maximum absolute atomic E-state index is 11.9. The highest BCUT2D eigenvalue weighted by Crippen LogP contribution is 2.40. The summed E-state index contributed by atoms with van der Waals surface area (Å²) in [5.41, 5.74) is -0.722. The quantitative estimate of drug-likeness (QED) is 0.784. The Hall–Kier alpha value is -1.08. The van der Waals surface area contributed by atoms with E-state index in [4.69, 9.17) is 5.26 Å². The van der Waals surface area contributed by atoms with Gasteiger partial charge in [-0.15, -0.1) is 0 Å². The molecule has 1 fully saturated rings. The zero-order chi connectivity index (χ0) is 13.8. The van der Waals surface area contributed by atoms with Gasteiger partial charge in [-0.1, -0.05) is 0 Å². The van der Waals surface area contributed by atoms with Gasteiger partial charge in [0.1, 0.15) is 5.41 Å². The van der Waals surface area contributed by atoms with Crippen molar-refractivity contribution in [1.82, 2.24) is 10.2 Å². The molecule has 0 aromatic rings. The van der Waals surface area contributed by atoms with Crippen LogP contribution in [0.1, 0.15) is 47.0 Å². The molecule has 1 aliphatic rings. The number of hydrogen-bond acceptors (Lipinski definition) is 3. The molecule has 1 aliphatic carbocycles. The van der Waals surface area contributed by atoms with Gasteiger partial charge in [0, 0.05) is 25.2 Å². The minimum atomic E-state index is -0.722. The SMILES string of the molecule is CC(C)N(CCNC(=O)C1(C#N)CCC1)C(C)C. The van der Waals surface area contributed by atoms with Crippen molar-refractivity contribution in [2.24, 2.45) is 5.41 Å². The van der Waals surface area contributed by atoms with Gasteiger partial charge in [0.25, 0.3) is 0 Å². The van der Waals surface area contributed by atoms with Crippen molar-refractivity contribution >= 4 is 5.91 Å². The molecule has 0 saturated heterocycles. The molecule has 1 saturated carbocycles. The lowest BCUT2D eigenvalue weighted by Gasteiger charge is -2.34. The Balaban J connectivity index is 2.37. The lowest BCUT2D eigenvalue weighted by Crippen LogP contribution is -2.48. The molecule has 0 heterocycles. The minimum Gasteiger partial charge on any atom is -0.353 e. The van der Waals surface area contributed by atoms with Crippen molar-refractivity contribution in [2.75, 3.05) is 13.1 Å². The second-order valence-corrected chi connectivity index (χ2v) is 5.73. The first kappa shape index (κ1) is 15.0. The number of nitriles is 1. The van der Waals surface area contributed by atoms with Crippen LogP contribution in [0.5, 0.6) is 0 Å². The van der Waals surface area contributed by atoms with E-state index in [0.29, 0.717) is 31.5 Å². The highest BCUT2D eigenvalue weighted by Gasteiger charge is 2.44. The van der Waals surface area contributed by atoms with E-state index in [9.17, 15) is 4.79 Å². The van der Waals surface area contributed by atoms with Crippen molar-refractivity contribution in [3.05, 3.63) is 0 Å². The van der Waals surface area contributed by atoms with Crippen LogP contribution in [-0.2, 0) is 4.79 Å². The molecule has 1 N–H and O–H groups in total. The van der Waals surface area contributed by atoms with Gasteiger partial charge in [0.05, 0.1) is 6.07 Å². The fraction of sp³-hybridized carbons (Fsp3) is 0.857. The number of nitrogens with zero attached hydrogens (tertiary/aromatic N) is 2. The summed E-state index contributed by atoms with van der Waals surface area (Å²) in [5.74, 6) is -0.0799.